The van der Waals surface area contributed by atoms with Crippen LogP contribution in [0.2, 0.25) is 0 Å². The van der Waals surface area contributed by atoms with Gasteiger partial charge in [0.25, 0.3) is 5.91 Å². The van der Waals surface area contributed by atoms with Crippen molar-refractivity contribution in [3.8, 4) is 0 Å². The molecule has 1 fully saturated rings. The first-order valence-corrected chi connectivity index (χ1v) is 11.1. The molecule has 0 saturated carbocycles. The summed E-state index contributed by atoms with van der Waals surface area (Å²) < 4.78 is 27.5. The van der Waals surface area contributed by atoms with Crippen molar-refractivity contribution >= 4 is 15.9 Å². The van der Waals surface area contributed by atoms with Gasteiger partial charge in [0, 0.05) is 37.8 Å². The summed E-state index contributed by atoms with van der Waals surface area (Å²) in [6, 6.07) is 4.88. The number of aryl methyl sites for hydroxylation is 1. The minimum Gasteiger partial charge on any atom is -0.349 e. The maximum Gasteiger partial charge on any atom is 0.251 e. The van der Waals surface area contributed by atoms with E-state index >= 15 is 0 Å². The van der Waals surface area contributed by atoms with Crippen LogP contribution in [0.4, 0.5) is 0 Å². The van der Waals surface area contributed by atoms with Crippen molar-refractivity contribution in [3.05, 3.63) is 29.3 Å². The van der Waals surface area contributed by atoms with Crippen molar-refractivity contribution in [3.63, 3.8) is 0 Å². The van der Waals surface area contributed by atoms with Crippen LogP contribution in [0.25, 0.3) is 0 Å². The first-order valence-electron chi connectivity index (χ1n) is 9.64. The molecule has 0 spiro atoms. The van der Waals surface area contributed by atoms with E-state index < -0.39 is 10.0 Å². The number of benzene rings is 1. The van der Waals surface area contributed by atoms with Crippen molar-refractivity contribution in [1.82, 2.24) is 14.5 Å². The number of piperazine rings is 1. The number of nitrogens with one attached hydrogen (secondary N) is 1. The molecular weight excluding hydrogens is 362 g/mol. The molecule has 0 radical (unpaired) electrons. The molecule has 2 rings (SSSR count). The Morgan fingerprint density at radius 2 is 1.59 bits per heavy atom. The average molecular weight is 396 g/mol. The first kappa shape index (κ1) is 21.9. The maximum absolute atomic E-state index is 13.0. The SMILES string of the molecule is Cc1ccc(S(=O)(=O)N2CCN(C)CC2)cc1C(=O)NC(C(C)C)C(C)C. The van der Waals surface area contributed by atoms with Crippen molar-refractivity contribution in [2.75, 3.05) is 33.2 Å². The highest BCUT2D eigenvalue weighted by molar-refractivity contribution is 7.89. The summed E-state index contributed by atoms with van der Waals surface area (Å²) in [4.78, 5) is 15.2. The normalized spacial score (nSPS) is 17.1. The third-order valence-electron chi connectivity index (χ3n) is 5.29. The van der Waals surface area contributed by atoms with Crippen LogP contribution < -0.4 is 5.32 Å². The Bertz CT molecular complexity index is 759. The van der Waals surface area contributed by atoms with Crippen molar-refractivity contribution < 1.29 is 13.2 Å². The molecule has 0 atom stereocenters. The Hall–Kier alpha value is -1.44. The zero-order chi connectivity index (χ0) is 20.4. The fourth-order valence-corrected chi connectivity index (χ4v) is 4.96. The summed E-state index contributed by atoms with van der Waals surface area (Å²) in [5, 5.41) is 3.08. The number of amides is 1. The highest BCUT2D eigenvalue weighted by Crippen LogP contribution is 2.22. The molecule has 1 heterocycles. The largest absolute Gasteiger partial charge is 0.349 e. The lowest BCUT2D eigenvalue weighted by Crippen LogP contribution is -2.47. The number of nitrogens with zero attached hydrogens (tertiary/aromatic N) is 2. The lowest BCUT2D eigenvalue weighted by molar-refractivity contribution is 0.0909. The van der Waals surface area contributed by atoms with Gasteiger partial charge in [-0.15, -0.1) is 0 Å². The molecule has 1 N–H and O–H groups in total. The monoisotopic (exact) mass is 395 g/mol. The van der Waals surface area contributed by atoms with Gasteiger partial charge < -0.3 is 10.2 Å². The zero-order valence-corrected chi connectivity index (χ0v) is 18.1. The molecule has 152 valence electrons. The zero-order valence-electron chi connectivity index (χ0n) is 17.3. The van der Waals surface area contributed by atoms with Crippen LogP contribution in [0.1, 0.15) is 43.6 Å². The predicted octanol–water partition coefficient (Wildman–Crippen LogP) is 2.34. The van der Waals surface area contributed by atoms with E-state index in [0.29, 0.717) is 43.6 Å². The van der Waals surface area contributed by atoms with E-state index in [9.17, 15) is 13.2 Å². The van der Waals surface area contributed by atoms with Gasteiger partial charge in [0.1, 0.15) is 0 Å². The first-order chi connectivity index (χ1) is 12.5. The molecule has 0 unspecified atom stereocenters. The van der Waals surface area contributed by atoms with E-state index in [1.165, 1.54) is 10.4 Å². The number of hydrogen-bond donors (Lipinski definition) is 1. The minimum atomic E-state index is -3.59. The van der Waals surface area contributed by atoms with Crippen molar-refractivity contribution in [1.29, 1.82) is 0 Å². The molecule has 0 bridgehead atoms. The van der Waals surface area contributed by atoms with Gasteiger partial charge in [-0.2, -0.15) is 4.31 Å². The molecule has 27 heavy (non-hydrogen) atoms. The summed E-state index contributed by atoms with van der Waals surface area (Å²) >= 11 is 0. The third kappa shape index (κ3) is 5.09. The van der Waals surface area contributed by atoms with Gasteiger partial charge >= 0.3 is 0 Å². The molecule has 1 aliphatic heterocycles. The highest BCUT2D eigenvalue weighted by Gasteiger charge is 2.29. The average Bonchev–Trinajstić information content (AvgIpc) is 2.59. The molecule has 6 nitrogen and oxygen atoms in total. The second-order valence-electron chi connectivity index (χ2n) is 8.17. The molecule has 0 aliphatic carbocycles. The Balaban J connectivity index is 2.28. The van der Waals surface area contributed by atoms with Crippen LogP contribution in [0.15, 0.2) is 23.1 Å². The molecule has 1 aromatic carbocycles. The Labute approximate surface area is 164 Å². The van der Waals surface area contributed by atoms with Crippen molar-refractivity contribution in [2.24, 2.45) is 11.8 Å². The highest BCUT2D eigenvalue weighted by atomic mass is 32.2. The lowest BCUT2D eigenvalue weighted by Gasteiger charge is -2.31. The van der Waals surface area contributed by atoms with Crippen molar-refractivity contribution in [2.45, 2.75) is 45.6 Å². The molecule has 7 heteroatoms. The summed E-state index contributed by atoms with van der Waals surface area (Å²) in [7, 11) is -1.61. The summed E-state index contributed by atoms with van der Waals surface area (Å²) in [6.07, 6.45) is 0. The van der Waals surface area contributed by atoms with Crippen LogP contribution in [0.3, 0.4) is 0 Å². The fraction of sp³-hybridized carbons (Fsp3) is 0.650. The number of hydrogen-bond acceptors (Lipinski definition) is 4. The van der Waals surface area contributed by atoms with E-state index in [1.54, 1.807) is 12.1 Å². The lowest BCUT2D eigenvalue weighted by atomic mass is 9.93. The van der Waals surface area contributed by atoms with E-state index in [0.717, 1.165) is 5.56 Å². The third-order valence-corrected chi connectivity index (χ3v) is 7.18. The second kappa shape index (κ2) is 8.71. The van der Waals surface area contributed by atoms with Crippen LogP contribution >= 0.6 is 0 Å². The Kier molecular flexibility index (Phi) is 7.05. The smallest absolute Gasteiger partial charge is 0.251 e. The number of carbonyl (C=O) groups excluding carboxylic acids is 1. The van der Waals surface area contributed by atoms with E-state index in [-0.39, 0.29) is 16.8 Å². The number of rotatable bonds is 6. The molecular formula is C20H33N3O3S. The van der Waals surface area contributed by atoms with Crippen LogP contribution in [-0.4, -0.2) is 62.8 Å². The van der Waals surface area contributed by atoms with Gasteiger partial charge in [-0.05, 0) is 43.5 Å². The molecule has 1 amide bonds. The van der Waals surface area contributed by atoms with Gasteiger partial charge in [0.15, 0.2) is 0 Å². The number of sulfonamides is 1. The van der Waals surface area contributed by atoms with Crippen LogP contribution in [0, 0.1) is 18.8 Å². The summed E-state index contributed by atoms with van der Waals surface area (Å²) in [5.74, 6) is 0.383. The molecule has 1 aliphatic rings. The van der Waals surface area contributed by atoms with Crippen LogP contribution in [-0.2, 0) is 10.0 Å². The standard InChI is InChI=1S/C20H33N3O3S/c1-14(2)19(15(3)4)21-20(24)18-13-17(8-7-16(18)5)27(25,26)23-11-9-22(6)10-12-23/h7-8,13-15,19H,9-12H2,1-6H3,(H,21,24). The molecule has 1 saturated heterocycles. The van der Waals surface area contributed by atoms with Gasteiger partial charge in [0.05, 0.1) is 4.90 Å². The minimum absolute atomic E-state index is 0.0368. The maximum atomic E-state index is 13.0. The van der Waals surface area contributed by atoms with Gasteiger partial charge in [-0.3, -0.25) is 4.79 Å². The Morgan fingerprint density at radius 3 is 2.11 bits per heavy atom. The number of carbonyl (C=O) groups is 1. The fourth-order valence-electron chi connectivity index (χ4n) is 3.52. The van der Waals surface area contributed by atoms with Gasteiger partial charge in [-0.25, -0.2) is 8.42 Å². The van der Waals surface area contributed by atoms with Gasteiger partial charge in [-0.1, -0.05) is 33.8 Å². The number of likely N-dealkylation sites (N-methyl/N-ethyl adjacent to an activating group) is 1. The predicted molar refractivity (Wildman–Crippen MR) is 108 cm³/mol. The summed E-state index contributed by atoms with van der Waals surface area (Å²) in [5.41, 5.74) is 1.20. The van der Waals surface area contributed by atoms with E-state index in [1.807, 2.05) is 14.0 Å². The Morgan fingerprint density at radius 1 is 1.04 bits per heavy atom. The topological polar surface area (TPSA) is 69.7 Å². The van der Waals surface area contributed by atoms with E-state index in [4.69, 9.17) is 0 Å². The van der Waals surface area contributed by atoms with Gasteiger partial charge in [0.2, 0.25) is 10.0 Å². The van der Waals surface area contributed by atoms with E-state index in [2.05, 4.69) is 37.9 Å². The molecule has 1 aromatic rings. The molecule has 0 aromatic heterocycles. The quantitative estimate of drug-likeness (QED) is 0.803. The second-order valence-corrected chi connectivity index (χ2v) is 10.1. The summed E-state index contributed by atoms with van der Waals surface area (Å²) in [6.45, 7) is 12.5. The van der Waals surface area contributed by atoms with Crippen LogP contribution in [0.5, 0.6) is 0 Å².